The SMILES string of the molecule is [N-]=[N+]=NC(=O)c1ccccc1. The van der Waals surface area contributed by atoms with E-state index < -0.39 is 5.91 Å². The Morgan fingerprint density at radius 1 is 1.36 bits per heavy atom. The van der Waals surface area contributed by atoms with Gasteiger partial charge in [-0.05, 0) is 10.6 Å². The highest BCUT2D eigenvalue weighted by Gasteiger charge is 1.98. The molecule has 1 rings (SSSR count). The largest absolute Gasteiger partial charge is 0.287 e. The number of carbonyl (C=O) groups is 1. The van der Waals surface area contributed by atoms with Crippen LogP contribution in [-0.4, -0.2) is 5.91 Å². The molecule has 0 fully saturated rings. The van der Waals surface area contributed by atoms with E-state index in [0.717, 1.165) is 0 Å². The van der Waals surface area contributed by atoms with Crippen LogP contribution in [-0.2, 0) is 0 Å². The first kappa shape index (κ1) is 7.31. The summed E-state index contributed by atoms with van der Waals surface area (Å²) in [6.07, 6.45) is 0. The summed E-state index contributed by atoms with van der Waals surface area (Å²) in [7, 11) is 0. The minimum absolute atomic E-state index is 0.408. The van der Waals surface area contributed by atoms with Gasteiger partial charge in [-0.15, -0.1) is 0 Å². The first-order chi connectivity index (χ1) is 5.34. The normalized spacial score (nSPS) is 8.36. The molecule has 4 heteroatoms. The molecule has 1 amide bonds. The van der Waals surface area contributed by atoms with Crippen LogP contribution in [0, 0.1) is 0 Å². The van der Waals surface area contributed by atoms with E-state index in [9.17, 15) is 4.79 Å². The van der Waals surface area contributed by atoms with Gasteiger partial charge in [0.25, 0.3) is 0 Å². The summed E-state index contributed by atoms with van der Waals surface area (Å²) < 4.78 is 0. The van der Waals surface area contributed by atoms with Gasteiger partial charge in [-0.3, -0.25) is 4.79 Å². The lowest BCUT2D eigenvalue weighted by Crippen LogP contribution is -1.90. The quantitative estimate of drug-likeness (QED) is 0.341. The summed E-state index contributed by atoms with van der Waals surface area (Å²) in [6.45, 7) is 0. The Kier molecular flexibility index (Phi) is 2.25. The van der Waals surface area contributed by atoms with Crippen molar-refractivity contribution in [1.29, 1.82) is 0 Å². The molecular weight excluding hydrogens is 142 g/mol. The molecule has 0 saturated carbocycles. The maximum atomic E-state index is 10.8. The van der Waals surface area contributed by atoms with E-state index in [2.05, 4.69) is 10.0 Å². The van der Waals surface area contributed by atoms with Gasteiger partial charge in [-0.2, -0.15) is 0 Å². The van der Waals surface area contributed by atoms with Gasteiger partial charge in [0.05, 0.1) is 0 Å². The van der Waals surface area contributed by atoms with E-state index in [4.69, 9.17) is 5.53 Å². The van der Waals surface area contributed by atoms with Crippen LogP contribution in [0.5, 0.6) is 0 Å². The zero-order valence-electron chi connectivity index (χ0n) is 5.64. The minimum Gasteiger partial charge on any atom is -0.287 e. The number of nitrogens with zero attached hydrogens (tertiary/aromatic N) is 3. The lowest BCUT2D eigenvalue weighted by molar-refractivity contribution is 0.100. The second-order valence-corrected chi connectivity index (χ2v) is 1.86. The summed E-state index contributed by atoms with van der Waals surface area (Å²) >= 11 is 0. The van der Waals surface area contributed by atoms with Crippen molar-refractivity contribution in [3.8, 4) is 0 Å². The molecule has 0 aliphatic carbocycles. The zero-order valence-corrected chi connectivity index (χ0v) is 5.64. The average molecular weight is 147 g/mol. The van der Waals surface area contributed by atoms with Gasteiger partial charge >= 0.3 is 0 Å². The summed E-state index contributed by atoms with van der Waals surface area (Å²) in [4.78, 5) is 13.2. The molecule has 4 nitrogen and oxygen atoms in total. The predicted molar refractivity (Wildman–Crippen MR) is 39.9 cm³/mol. The molecule has 0 aromatic heterocycles. The van der Waals surface area contributed by atoms with Crippen molar-refractivity contribution >= 4 is 5.91 Å². The highest BCUT2D eigenvalue weighted by atomic mass is 16.1. The van der Waals surface area contributed by atoms with Crippen LogP contribution in [0.1, 0.15) is 10.4 Å². The Labute approximate surface area is 63.1 Å². The second-order valence-electron chi connectivity index (χ2n) is 1.86. The number of benzene rings is 1. The fourth-order valence-corrected chi connectivity index (χ4v) is 0.679. The predicted octanol–water partition coefficient (Wildman–Crippen LogP) is 2.14. The maximum absolute atomic E-state index is 10.8. The highest BCUT2D eigenvalue weighted by molar-refractivity contribution is 5.94. The van der Waals surface area contributed by atoms with E-state index in [1.54, 1.807) is 30.3 Å². The van der Waals surface area contributed by atoms with Crippen LogP contribution < -0.4 is 0 Å². The summed E-state index contributed by atoms with van der Waals surface area (Å²) in [5.74, 6) is -0.548. The topological polar surface area (TPSA) is 65.8 Å². The smallest absolute Gasteiger partial charge is 0.249 e. The lowest BCUT2D eigenvalue weighted by Gasteiger charge is -1.89. The zero-order chi connectivity index (χ0) is 8.10. The average Bonchev–Trinajstić information content (AvgIpc) is 2.07. The Bertz CT molecular complexity index is 301. The molecule has 0 aliphatic rings. The number of azide groups is 1. The third-order valence-corrected chi connectivity index (χ3v) is 1.16. The Morgan fingerprint density at radius 3 is 2.55 bits per heavy atom. The van der Waals surface area contributed by atoms with Crippen molar-refractivity contribution in [3.05, 3.63) is 46.3 Å². The van der Waals surface area contributed by atoms with Crippen molar-refractivity contribution < 1.29 is 4.79 Å². The molecule has 0 heterocycles. The van der Waals surface area contributed by atoms with Crippen LogP contribution in [0.15, 0.2) is 35.4 Å². The van der Waals surface area contributed by atoms with E-state index in [0.29, 0.717) is 5.56 Å². The first-order valence-corrected chi connectivity index (χ1v) is 2.99. The van der Waals surface area contributed by atoms with Gasteiger partial charge in [0.2, 0.25) is 5.91 Å². The Hall–Kier alpha value is -1.80. The molecule has 1 aromatic rings. The maximum Gasteiger partial charge on any atom is 0.249 e. The fraction of sp³-hybridized carbons (Fsp3) is 0. The standard InChI is InChI=1S/C7H5N3O/c8-10-9-7(11)6-4-2-1-3-5-6/h1-5H. The molecule has 1 aromatic carbocycles. The van der Waals surface area contributed by atoms with Gasteiger partial charge in [0, 0.05) is 10.5 Å². The highest BCUT2D eigenvalue weighted by Crippen LogP contribution is 1.99. The minimum atomic E-state index is -0.548. The van der Waals surface area contributed by atoms with Crippen LogP contribution in [0.2, 0.25) is 0 Å². The molecule has 0 N–H and O–H groups in total. The van der Waals surface area contributed by atoms with E-state index in [1.165, 1.54) is 0 Å². The molecule has 0 bridgehead atoms. The van der Waals surface area contributed by atoms with Crippen LogP contribution in [0.4, 0.5) is 0 Å². The molecule has 0 unspecified atom stereocenters. The number of hydrogen-bond donors (Lipinski definition) is 0. The summed E-state index contributed by atoms with van der Waals surface area (Å²) in [6, 6.07) is 8.39. The van der Waals surface area contributed by atoms with Crippen molar-refractivity contribution in [3.63, 3.8) is 0 Å². The fourth-order valence-electron chi connectivity index (χ4n) is 0.679. The van der Waals surface area contributed by atoms with Crippen molar-refractivity contribution in [1.82, 2.24) is 0 Å². The van der Waals surface area contributed by atoms with Gasteiger partial charge in [0.15, 0.2) is 0 Å². The van der Waals surface area contributed by atoms with Crippen molar-refractivity contribution in [2.45, 2.75) is 0 Å². The van der Waals surface area contributed by atoms with E-state index >= 15 is 0 Å². The number of rotatable bonds is 1. The third kappa shape index (κ3) is 1.81. The molecule has 0 radical (unpaired) electrons. The van der Waals surface area contributed by atoms with Crippen molar-refractivity contribution in [2.75, 3.05) is 0 Å². The van der Waals surface area contributed by atoms with E-state index in [-0.39, 0.29) is 0 Å². The molecular formula is C7H5N3O. The van der Waals surface area contributed by atoms with Gasteiger partial charge in [-0.1, -0.05) is 30.3 Å². The van der Waals surface area contributed by atoms with Crippen LogP contribution >= 0.6 is 0 Å². The number of amides is 1. The molecule has 54 valence electrons. The molecule has 0 saturated heterocycles. The number of hydrogen-bond acceptors (Lipinski definition) is 1. The van der Waals surface area contributed by atoms with Crippen molar-refractivity contribution in [2.24, 2.45) is 5.11 Å². The summed E-state index contributed by atoms with van der Waals surface area (Å²) in [5, 5.41) is 2.94. The molecule has 0 aliphatic heterocycles. The Balaban J connectivity index is 2.94. The first-order valence-electron chi connectivity index (χ1n) is 2.99. The molecule has 0 atom stereocenters. The van der Waals surface area contributed by atoms with Gasteiger partial charge < -0.3 is 0 Å². The third-order valence-electron chi connectivity index (χ3n) is 1.16. The molecule has 0 spiro atoms. The van der Waals surface area contributed by atoms with Gasteiger partial charge in [0.1, 0.15) is 0 Å². The Morgan fingerprint density at radius 2 is 2.00 bits per heavy atom. The lowest BCUT2D eigenvalue weighted by atomic mass is 10.2. The van der Waals surface area contributed by atoms with Crippen LogP contribution in [0.25, 0.3) is 10.4 Å². The summed E-state index contributed by atoms with van der Waals surface area (Å²) in [5.41, 5.74) is 8.34. The van der Waals surface area contributed by atoms with Gasteiger partial charge in [-0.25, -0.2) is 0 Å². The van der Waals surface area contributed by atoms with E-state index in [1.807, 2.05) is 0 Å². The molecule has 11 heavy (non-hydrogen) atoms. The number of carbonyl (C=O) groups excluding carboxylic acids is 1. The second kappa shape index (κ2) is 3.39. The monoisotopic (exact) mass is 147 g/mol. The van der Waals surface area contributed by atoms with Crippen LogP contribution in [0.3, 0.4) is 0 Å².